The number of methoxy groups -OCH3 is 1. The number of ether oxygens (including phenoxy) is 2. The molecule has 1 saturated heterocycles. The zero-order valence-corrected chi connectivity index (χ0v) is 31.6. The number of anilines is 1. The van der Waals surface area contributed by atoms with Gasteiger partial charge in [-0.25, -0.2) is 4.72 Å². The molecular formula is C38H51ClN4O8S. The highest BCUT2D eigenvalue weighted by molar-refractivity contribution is 7.87. The van der Waals surface area contributed by atoms with E-state index in [0.29, 0.717) is 48.4 Å². The molecule has 52 heavy (non-hydrogen) atoms. The highest BCUT2D eigenvalue weighted by Crippen LogP contribution is 2.43. The van der Waals surface area contributed by atoms with Crippen LogP contribution in [0, 0.1) is 11.8 Å². The summed E-state index contributed by atoms with van der Waals surface area (Å²) in [6, 6.07) is 10.7. The molecule has 0 spiro atoms. The lowest BCUT2D eigenvalue weighted by molar-refractivity contribution is -0.148. The summed E-state index contributed by atoms with van der Waals surface area (Å²) in [4.78, 5) is 31.5. The summed E-state index contributed by atoms with van der Waals surface area (Å²) in [5.74, 6) is -0.621. The Bertz CT molecular complexity index is 1750. The number of carbonyl (C=O) groups excluding carboxylic acids is 2. The molecule has 4 atom stereocenters. The smallest absolute Gasteiger partial charge is 0.303 e. The highest BCUT2D eigenvalue weighted by Gasteiger charge is 2.45. The normalized spacial score (nSPS) is 27.6. The van der Waals surface area contributed by atoms with Crippen molar-refractivity contribution in [3.63, 3.8) is 0 Å². The van der Waals surface area contributed by atoms with Crippen LogP contribution in [0.25, 0.3) is 0 Å². The Balaban J connectivity index is 1.42. The topological polar surface area (TPSA) is 149 Å². The van der Waals surface area contributed by atoms with E-state index in [9.17, 15) is 28.2 Å². The standard InChI is InChI=1S/C38H51ClN4O8S/c1-41-17-5-4-8-34(50-2)32-13-10-27(32)24-42-18-6-3-7-26-21-30(39)12-9-28(26)25-51-35-14-11-29(22-33(35)42)38(47,23-36(41)45)37(46)40-52(48,49)43-19-15-31(44)16-20-43/h4,8-9,11-12,14,21-22,27,31-32,34,44,47H,3,5-7,10,13,15-20,23-25H2,1-2H3,(H,40,46)/b8-4+/t27-,32+,34-,38+/m0/s1. The predicted octanol–water partition coefficient (Wildman–Crippen LogP) is 3.92. The second-order valence-electron chi connectivity index (χ2n) is 14.6. The first-order valence-electron chi connectivity index (χ1n) is 18.3. The van der Waals surface area contributed by atoms with Crippen molar-refractivity contribution in [2.75, 3.05) is 51.8 Å². The highest BCUT2D eigenvalue weighted by atomic mass is 35.5. The maximum Gasteiger partial charge on any atom is 0.303 e. The maximum absolute atomic E-state index is 14.1. The number of aliphatic hydroxyl groups is 2. The number of benzene rings is 2. The first-order chi connectivity index (χ1) is 24.9. The molecular weight excluding hydrogens is 708 g/mol. The molecule has 0 aromatic heterocycles. The van der Waals surface area contributed by atoms with Crippen molar-refractivity contribution in [2.24, 2.45) is 11.8 Å². The summed E-state index contributed by atoms with van der Waals surface area (Å²) in [7, 11) is -1.07. The largest absolute Gasteiger partial charge is 0.487 e. The molecule has 12 nitrogen and oxygen atoms in total. The van der Waals surface area contributed by atoms with E-state index in [1.165, 1.54) is 11.0 Å². The molecule has 3 heterocycles. The number of aliphatic hydroxyl groups excluding tert-OH is 1. The molecule has 3 N–H and O–H groups in total. The molecule has 4 aliphatic rings. The van der Waals surface area contributed by atoms with Gasteiger partial charge in [0.2, 0.25) is 5.91 Å². The quantitative estimate of drug-likeness (QED) is 0.395. The Labute approximate surface area is 311 Å². The fourth-order valence-corrected chi connectivity index (χ4v) is 9.19. The van der Waals surface area contributed by atoms with Crippen LogP contribution in [0.5, 0.6) is 5.75 Å². The molecule has 2 fully saturated rings. The third-order valence-corrected chi connectivity index (χ3v) is 13.0. The minimum atomic E-state index is -4.40. The minimum Gasteiger partial charge on any atom is -0.487 e. The summed E-state index contributed by atoms with van der Waals surface area (Å²) >= 11 is 6.37. The molecule has 0 radical (unpaired) electrons. The number of carbonyl (C=O) groups is 2. The zero-order valence-electron chi connectivity index (χ0n) is 30.0. The van der Waals surface area contributed by atoms with E-state index in [2.05, 4.69) is 15.7 Å². The van der Waals surface area contributed by atoms with Crippen LogP contribution in [0.4, 0.5) is 5.69 Å². The van der Waals surface area contributed by atoms with E-state index in [1.807, 2.05) is 24.3 Å². The average molecular weight is 759 g/mol. The fraction of sp³-hybridized carbons (Fsp3) is 0.579. The van der Waals surface area contributed by atoms with Crippen molar-refractivity contribution in [1.82, 2.24) is 13.9 Å². The van der Waals surface area contributed by atoms with Crippen LogP contribution in [0.3, 0.4) is 0 Å². The predicted molar refractivity (Wildman–Crippen MR) is 198 cm³/mol. The first kappa shape index (κ1) is 38.5. The molecule has 0 unspecified atom stereocenters. The minimum absolute atomic E-state index is 0.0178. The van der Waals surface area contributed by atoms with Gasteiger partial charge in [0.05, 0.1) is 24.3 Å². The molecule has 2 aromatic rings. The van der Waals surface area contributed by atoms with Gasteiger partial charge in [0, 0.05) is 51.9 Å². The van der Waals surface area contributed by atoms with Gasteiger partial charge in [-0.15, -0.1) is 0 Å². The van der Waals surface area contributed by atoms with Gasteiger partial charge in [-0.3, -0.25) is 9.59 Å². The Hall–Kier alpha value is -3.20. The molecule has 2 aromatic carbocycles. The van der Waals surface area contributed by atoms with Crippen LogP contribution >= 0.6 is 11.6 Å². The summed E-state index contributed by atoms with van der Waals surface area (Å²) in [5, 5.41) is 23.0. The third-order valence-electron chi connectivity index (χ3n) is 11.2. The van der Waals surface area contributed by atoms with Crippen molar-refractivity contribution in [3.05, 3.63) is 70.3 Å². The molecule has 2 amide bonds. The van der Waals surface area contributed by atoms with E-state index in [4.69, 9.17) is 21.1 Å². The molecule has 6 rings (SSSR count). The van der Waals surface area contributed by atoms with E-state index < -0.39 is 40.1 Å². The summed E-state index contributed by atoms with van der Waals surface area (Å²) < 4.78 is 42.5. The monoisotopic (exact) mass is 758 g/mol. The molecule has 284 valence electrons. The van der Waals surface area contributed by atoms with Crippen molar-refractivity contribution >= 4 is 39.3 Å². The number of piperidine rings is 1. The van der Waals surface area contributed by atoms with Gasteiger partial charge in [0.1, 0.15) is 12.4 Å². The van der Waals surface area contributed by atoms with Crippen LogP contribution in [0.15, 0.2) is 48.6 Å². The second kappa shape index (κ2) is 16.4. The number of nitrogens with one attached hydrogen (secondary N) is 1. The van der Waals surface area contributed by atoms with Gasteiger partial charge in [-0.2, -0.15) is 12.7 Å². The lowest BCUT2D eigenvalue weighted by atomic mass is 9.70. The fourth-order valence-electron chi connectivity index (χ4n) is 7.77. The number of nitrogens with zero attached hydrogens (tertiary/aromatic N) is 3. The van der Waals surface area contributed by atoms with Gasteiger partial charge >= 0.3 is 10.2 Å². The molecule has 2 bridgehead atoms. The first-order valence-corrected chi connectivity index (χ1v) is 20.2. The van der Waals surface area contributed by atoms with Crippen LogP contribution in [-0.2, 0) is 43.2 Å². The second-order valence-corrected chi connectivity index (χ2v) is 16.7. The molecule has 3 aliphatic heterocycles. The number of hydrogen-bond acceptors (Lipinski definition) is 9. The number of rotatable bonds is 4. The number of fused-ring (bicyclic) bond motifs is 3. The van der Waals surface area contributed by atoms with E-state index >= 15 is 0 Å². The van der Waals surface area contributed by atoms with Gasteiger partial charge in [-0.1, -0.05) is 35.9 Å². The van der Waals surface area contributed by atoms with E-state index in [0.717, 1.165) is 47.5 Å². The Morgan fingerprint density at radius 1 is 1.04 bits per heavy atom. The van der Waals surface area contributed by atoms with Crippen molar-refractivity contribution in [2.45, 2.75) is 82.2 Å². The van der Waals surface area contributed by atoms with Crippen molar-refractivity contribution in [3.8, 4) is 5.75 Å². The molecule has 14 heteroatoms. The van der Waals surface area contributed by atoms with E-state index in [1.54, 1.807) is 26.3 Å². The van der Waals surface area contributed by atoms with Gasteiger partial charge < -0.3 is 29.5 Å². The number of amides is 2. The Kier molecular flexibility index (Phi) is 12.2. The number of aryl methyl sites for hydroxylation is 1. The van der Waals surface area contributed by atoms with Gasteiger partial charge in [0.25, 0.3) is 5.91 Å². The lowest BCUT2D eigenvalue weighted by Crippen LogP contribution is -2.54. The third kappa shape index (κ3) is 8.61. The maximum atomic E-state index is 14.1. The average Bonchev–Trinajstić information content (AvgIpc) is 3.13. The van der Waals surface area contributed by atoms with Crippen molar-refractivity contribution in [1.29, 1.82) is 0 Å². The summed E-state index contributed by atoms with van der Waals surface area (Å²) in [6.07, 6.45) is 8.28. The number of hydrogen-bond donors (Lipinski definition) is 3. The van der Waals surface area contributed by atoms with Gasteiger partial charge in [-0.05, 0) is 104 Å². The Morgan fingerprint density at radius 2 is 1.83 bits per heavy atom. The Morgan fingerprint density at radius 3 is 2.56 bits per heavy atom. The number of halogens is 1. The van der Waals surface area contributed by atoms with Crippen LogP contribution in [0.2, 0.25) is 5.02 Å². The van der Waals surface area contributed by atoms with Crippen LogP contribution in [0.1, 0.15) is 68.1 Å². The van der Waals surface area contributed by atoms with Crippen molar-refractivity contribution < 1.29 is 37.7 Å². The van der Waals surface area contributed by atoms with Crippen LogP contribution < -0.4 is 14.4 Å². The molecule has 1 saturated carbocycles. The lowest BCUT2D eigenvalue weighted by Gasteiger charge is -2.43. The SMILES string of the molecule is CO[C@H]1/C=C/CCN(C)C(=O)C[C@](O)(C(=O)NS(=O)(=O)N2CCC(O)CC2)c2ccc3c(c2)N(CCCCc2cc(Cl)ccc2CO3)C[C@@H]2CC[C@H]21. The summed E-state index contributed by atoms with van der Waals surface area (Å²) in [5.41, 5.74) is 0.318. The van der Waals surface area contributed by atoms with E-state index in [-0.39, 0.29) is 50.1 Å². The van der Waals surface area contributed by atoms with Crippen LogP contribution in [-0.4, -0.2) is 98.7 Å². The summed E-state index contributed by atoms with van der Waals surface area (Å²) in [6.45, 7) is 1.97. The van der Waals surface area contributed by atoms with Gasteiger partial charge in [0.15, 0.2) is 5.60 Å². The zero-order chi connectivity index (χ0) is 37.0. The molecule has 1 aliphatic carbocycles.